The van der Waals surface area contributed by atoms with E-state index >= 15 is 0 Å². The van der Waals surface area contributed by atoms with Crippen molar-refractivity contribution in [1.82, 2.24) is 9.80 Å². The second-order valence-corrected chi connectivity index (χ2v) is 5.88. The van der Waals surface area contributed by atoms with E-state index in [1.807, 2.05) is 6.92 Å². The van der Waals surface area contributed by atoms with Crippen molar-refractivity contribution in [3.63, 3.8) is 0 Å². The lowest BCUT2D eigenvalue weighted by molar-refractivity contribution is -0.527. The zero-order chi connectivity index (χ0) is 15.2. The van der Waals surface area contributed by atoms with E-state index in [1.165, 1.54) is 0 Å². The molecule has 0 radical (unpaired) electrons. The fourth-order valence-corrected chi connectivity index (χ4v) is 3.34. The second kappa shape index (κ2) is 7.70. The zero-order valence-electron chi connectivity index (χ0n) is 12.7. The third kappa shape index (κ3) is 4.64. The second-order valence-electron chi connectivity index (χ2n) is 5.88. The molecule has 2 rings (SSSR count). The number of hydrogen-bond acceptors (Lipinski definition) is 6. The number of nitro groups is 1. The molecule has 0 bridgehead atoms. The highest BCUT2D eigenvalue weighted by Gasteiger charge is 2.34. The standard InChI is InChI=1S/C14H25N3O4/c1-2-21-14(18)11-15-6-8-16(9-7-15)12-4-3-5-13(10-12)17(19)20/h12-13H,2-11H2,1H3. The quantitative estimate of drug-likeness (QED) is 0.424. The van der Waals surface area contributed by atoms with Gasteiger partial charge in [0.25, 0.3) is 0 Å². The molecule has 0 spiro atoms. The van der Waals surface area contributed by atoms with E-state index in [0.717, 1.165) is 39.0 Å². The van der Waals surface area contributed by atoms with Gasteiger partial charge in [-0.05, 0) is 19.8 Å². The molecule has 21 heavy (non-hydrogen) atoms. The highest BCUT2D eigenvalue weighted by molar-refractivity contribution is 5.71. The van der Waals surface area contributed by atoms with Gasteiger partial charge in [0.2, 0.25) is 6.04 Å². The van der Waals surface area contributed by atoms with Crippen molar-refractivity contribution < 1.29 is 14.5 Å². The number of esters is 1. The number of piperazine rings is 1. The van der Waals surface area contributed by atoms with Gasteiger partial charge >= 0.3 is 5.97 Å². The fraction of sp³-hybridized carbons (Fsp3) is 0.929. The maximum absolute atomic E-state index is 11.5. The largest absolute Gasteiger partial charge is 0.465 e. The third-order valence-electron chi connectivity index (χ3n) is 4.50. The summed E-state index contributed by atoms with van der Waals surface area (Å²) in [6.07, 6.45) is 3.39. The Labute approximate surface area is 125 Å². The summed E-state index contributed by atoms with van der Waals surface area (Å²) in [4.78, 5) is 26.7. The van der Waals surface area contributed by atoms with Crippen molar-refractivity contribution in [3.8, 4) is 0 Å². The molecule has 120 valence electrons. The van der Waals surface area contributed by atoms with Crippen molar-refractivity contribution in [2.75, 3.05) is 39.3 Å². The Hall–Kier alpha value is -1.21. The number of nitrogens with zero attached hydrogens (tertiary/aromatic N) is 3. The molecule has 1 saturated heterocycles. The Morgan fingerprint density at radius 1 is 1.29 bits per heavy atom. The van der Waals surface area contributed by atoms with Gasteiger partial charge in [-0.25, -0.2) is 0 Å². The lowest BCUT2D eigenvalue weighted by Crippen LogP contribution is -2.53. The third-order valence-corrected chi connectivity index (χ3v) is 4.50. The van der Waals surface area contributed by atoms with E-state index in [1.54, 1.807) is 0 Å². The minimum Gasteiger partial charge on any atom is -0.465 e. The van der Waals surface area contributed by atoms with Crippen LogP contribution in [0, 0.1) is 10.1 Å². The first-order chi connectivity index (χ1) is 10.1. The molecular weight excluding hydrogens is 274 g/mol. The summed E-state index contributed by atoms with van der Waals surface area (Å²) in [5.74, 6) is -0.169. The van der Waals surface area contributed by atoms with Crippen LogP contribution in [0.15, 0.2) is 0 Å². The van der Waals surface area contributed by atoms with Crippen molar-refractivity contribution in [1.29, 1.82) is 0 Å². The van der Waals surface area contributed by atoms with Gasteiger partial charge in [-0.2, -0.15) is 0 Å². The van der Waals surface area contributed by atoms with Crippen molar-refractivity contribution in [2.45, 2.75) is 44.7 Å². The molecule has 0 aromatic rings. The van der Waals surface area contributed by atoms with E-state index in [0.29, 0.717) is 32.0 Å². The number of hydrogen-bond donors (Lipinski definition) is 0. The molecule has 1 aliphatic heterocycles. The molecule has 2 aliphatic rings. The minimum absolute atomic E-state index is 0.122. The molecule has 7 heteroatoms. The predicted molar refractivity (Wildman–Crippen MR) is 77.7 cm³/mol. The predicted octanol–water partition coefficient (Wildman–Crippen LogP) is 0.755. The van der Waals surface area contributed by atoms with E-state index < -0.39 is 0 Å². The van der Waals surface area contributed by atoms with E-state index in [4.69, 9.17) is 4.74 Å². The molecular formula is C14H25N3O4. The van der Waals surface area contributed by atoms with Crippen LogP contribution in [-0.4, -0.2) is 72.1 Å². The molecule has 2 fully saturated rings. The summed E-state index contributed by atoms with van der Waals surface area (Å²) in [6, 6.07) is -0.0415. The first-order valence-corrected chi connectivity index (χ1v) is 7.85. The first kappa shape index (κ1) is 16.2. The van der Waals surface area contributed by atoms with Crippen molar-refractivity contribution in [2.24, 2.45) is 0 Å². The molecule has 1 saturated carbocycles. The lowest BCUT2D eigenvalue weighted by atomic mass is 9.90. The van der Waals surface area contributed by atoms with Crippen LogP contribution in [0.25, 0.3) is 0 Å². The van der Waals surface area contributed by atoms with Gasteiger partial charge in [-0.15, -0.1) is 0 Å². The first-order valence-electron chi connectivity index (χ1n) is 7.85. The van der Waals surface area contributed by atoms with Gasteiger partial charge in [0.1, 0.15) is 0 Å². The van der Waals surface area contributed by atoms with Crippen LogP contribution in [0.2, 0.25) is 0 Å². The maximum atomic E-state index is 11.5. The Kier molecular flexibility index (Phi) is 5.93. The lowest BCUT2D eigenvalue weighted by Gasteiger charge is -2.40. The Balaban J connectivity index is 1.75. The van der Waals surface area contributed by atoms with Crippen LogP contribution >= 0.6 is 0 Å². The van der Waals surface area contributed by atoms with E-state index in [9.17, 15) is 14.9 Å². The highest BCUT2D eigenvalue weighted by Crippen LogP contribution is 2.25. The topological polar surface area (TPSA) is 75.9 Å². The minimum atomic E-state index is -0.374. The van der Waals surface area contributed by atoms with Gasteiger partial charge in [-0.1, -0.05) is 0 Å². The average molecular weight is 299 g/mol. The van der Waals surface area contributed by atoms with Crippen molar-refractivity contribution >= 4 is 5.97 Å². The molecule has 1 aliphatic carbocycles. The summed E-state index contributed by atoms with van der Waals surface area (Å²) in [6.45, 7) is 6.01. The van der Waals surface area contributed by atoms with Crippen LogP contribution in [0.1, 0.15) is 32.6 Å². The summed E-state index contributed by atoms with van der Waals surface area (Å²) >= 11 is 0. The molecule has 0 aromatic carbocycles. The van der Waals surface area contributed by atoms with Gasteiger partial charge in [0, 0.05) is 50.0 Å². The summed E-state index contributed by atoms with van der Waals surface area (Å²) in [5.41, 5.74) is 0. The van der Waals surface area contributed by atoms with E-state index in [-0.39, 0.29) is 16.9 Å². The smallest absolute Gasteiger partial charge is 0.320 e. The number of carbonyl (C=O) groups excluding carboxylic acids is 1. The SMILES string of the molecule is CCOC(=O)CN1CCN(C2CCCC([N+](=O)[O-])C2)CC1. The molecule has 0 amide bonds. The number of rotatable bonds is 5. The monoisotopic (exact) mass is 299 g/mol. The van der Waals surface area contributed by atoms with Crippen LogP contribution in [0.5, 0.6) is 0 Å². The molecule has 1 heterocycles. The van der Waals surface area contributed by atoms with Crippen LogP contribution < -0.4 is 0 Å². The molecule has 7 nitrogen and oxygen atoms in total. The number of ether oxygens (including phenoxy) is 1. The van der Waals surface area contributed by atoms with Crippen molar-refractivity contribution in [3.05, 3.63) is 10.1 Å². The Morgan fingerprint density at radius 3 is 2.62 bits per heavy atom. The fourth-order valence-electron chi connectivity index (χ4n) is 3.34. The van der Waals surface area contributed by atoms with Gasteiger partial charge < -0.3 is 4.74 Å². The number of carbonyl (C=O) groups is 1. The van der Waals surface area contributed by atoms with E-state index in [2.05, 4.69) is 9.80 Å². The summed E-state index contributed by atoms with van der Waals surface area (Å²) in [7, 11) is 0. The van der Waals surface area contributed by atoms with Crippen LogP contribution in [0.3, 0.4) is 0 Å². The average Bonchev–Trinajstić information content (AvgIpc) is 2.48. The van der Waals surface area contributed by atoms with Crippen LogP contribution in [-0.2, 0) is 9.53 Å². The normalized spacial score (nSPS) is 28.2. The van der Waals surface area contributed by atoms with Crippen LogP contribution in [0.4, 0.5) is 0 Å². The van der Waals surface area contributed by atoms with Gasteiger partial charge in [0.15, 0.2) is 0 Å². The Bertz CT molecular complexity index is 369. The molecule has 2 unspecified atom stereocenters. The summed E-state index contributed by atoms with van der Waals surface area (Å²) in [5, 5.41) is 10.9. The van der Waals surface area contributed by atoms with Gasteiger partial charge in [-0.3, -0.25) is 24.7 Å². The Morgan fingerprint density at radius 2 is 2.00 bits per heavy atom. The highest BCUT2D eigenvalue weighted by atomic mass is 16.6. The maximum Gasteiger partial charge on any atom is 0.320 e. The molecule has 0 aromatic heterocycles. The van der Waals surface area contributed by atoms with Gasteiger partial charge in [0.05, 0.1) is 13.2 Å². The molecule has 0 N–H and O–H groups in total. The molecule has 2 atom stereocenters. The summed E-state index contributed by atoms with van der Waals surface area (Å²) < 4.78 is 4.96. The zero-order valence-corrected chi connectivity index (χ0v) is 12.7.